The summed E-state index contributed by atoms with van der Waals surface area (Å²) in [6, 6.07) is 4.36. The number of nitriles is 2. The fraction of sp³-hybridized carbons (Fsp3) is 0.529. The molecule has 0 unspecified atom stereocenters. The molecule has 1 aliphatic carbocycles. The first-order chi connectivity index (χ1) is 9.46. The average Bonchev–Trinajstić information content (AvgIpc) is 2.48. The van der Waals surface area contributed by atoms with Crippen molar-refractivity contribution in [2.45, 2.75) is 52.4 Å². The summed E-state index contributed by atoms with van der Waals surface area (Å²) < 4.78 is 1.53. The van der Waals surface area contributed by atoms with E-state index < -0.39 is 0 Å². The molecule has 2 rings (SSSR count). The van der Waals surface area contributed by atoms with Gasteiger partial charge < -0.3 is 0 Å². The molecule has 1 aromatic rings. The van der Waals surface area contributed by atoms with Crippen LogP contribution in [-0.4, -0.2) is 0 Å². The summed E-state index contributed by atoms with van der Waals surface area (Å²) in [5, 5.41) is 18.9. The lowest BCUT2D eigenvalue weighted by Gasteiger charge is -2.44. The summed E-state index contributed by atoms with van der Waals surface area (Å²) in [6.07, 6.45) is 0. The molecule has 0 bridgehead atoms. The first-order valence-corrected chi connectivity index (χ1v) is 8.41. The Labute approximate surface area is 143 Å². The molecule has 4 heteroatoms. The van der Waals surface area contributed by atoms with Gasteiger partial charge in [-0.2, -0.15) is 10.5 Å². The van der Waals surface area contributed by atoms with Crippen molar-refractivity contribution in [2.24, 2.45) is 5.41 Å². The highest BCUT2D eigenvalue weighted by Gasteiger charge is 2.59. The molecular formula is C17H18Br2N2. The highest BCUT2D eigenvalue weighted by Crippen LogP contribution is 2.65. The molecule has 0 atom stereocenters. The van der Waals surface area contributed by atoms with Crippen LogP contribution in [0, 0.1) is 28.1 Å². The zero-order valence-corrected chi connectivity index (χ0v) is 16.3. The number of fused-ring (bicyclic) bond motifs is 1. The van der Waals surface area contributed by atoms with E-state index in [2.05, 4.69) is 85.5 Å². The van der Waals surface area contributed by atoms with Gasteiger partial charge in [0.2, 0.25) is 0 Å². The van der Waals surface area contributed by atoms with Crippen LogP contribution in [-0.2, 0) is 10.8 Å². The lowest BCUT2D eigenvalue weighted by molar-refractivity contribution is 0.124. The summed E-state index contributed by atoms with van der Waals surface area (Å²) in [5.74, 6) is 0. The number of hydrogen-bond donors (Lipinski definition) is 0. The van der Waals surface area contributed by atoms with Gasteiger partial charge in [-0.1, -0.05) is 41.5 Å². The average molecular weight is 410 g/mol. The maximum Gasteiger partial charge on any atom is 0.102 e. The first-order valence-electron chi connectivity index (χ1n) is 6.83. The maximum absolute atomic E-state index is 9.46. The van der Waals surface area contributed by atoms with Crippen molar-refractivity contribution in [3.8, 4) is 12.1 Å². The van der Waals surface area contributed by atoms with Crippen molar-refractivity contribution >= 4 is 31.9 Å². The molecule has 0 radical (unpaired) electrons. The van der Waals surface area contributed by atoms with E-state index in [0.717, 1.165) is 20.1 Å². The maximum atomic E-state index is 9.46. The molecule has 0 saturated heterocycles. The highest BCUT2D eigenvalue weighted by molar-refractivity contribution is 9.11. The Hall–Kier alpha value is -0.840. The Kier molecular flexibility index (Phi) is 3.60. The topological polar surface area (TPSA) is 47.6 Å². The van der Waals surface area contributed by atoms with E-state index in [1.54, 1.807) is 0 Å². The van der Waals surface area contributed by atoms with E-state index in [4.69, 9.17) is 0 Å². The van der Waals surface area contributed by atoms with Crippen molar-refractivity contribution in [3.63, 3.8) is 0 Å². The van der Waals surface area contributed by atoms with Gasteiger partial charge in [-0.05, 0) is 59.2 Å². The third-order valence-electron chi connectivity index (χ3n) is 5.98. The van der Waals surface area contributed by atoms with Gasteiger partial charge in [-0.15, -0.1) is 0 Å². The standard InChI is InChI=1S/C17H18Br2N2/c1-15(2)11-12(16(3,4)17(15,5)6)14(19)10(8-21)9(7-20)13(11)18/h1-6H3. The molecule has 0 spiro atoms. The normalized spacial score (nSPS) is 20.5. The highest BCUT2D eigenvalue weighted by atomic mass is 79.9. The SMILES string of the molecule is CC1(C)c2c(Br)c(C#N)c(C#N)c(Br)c2C(C)(C)C1(C)C. The van der Waals surface area contributed by atoms with Crippen LogP contribution >= 0.6 is 31.9 Å². The second kappa shape index (κ2) is 4.58. The van der Waals surface area contributed by atoms with Crippen LogP contribution in [0.3, 0.4) is 0 Å². The summed E-state index contributed by atoms with van der Waals surface area (Å²) in [6.45, 7) is 13.4. The molecule has 21 heavy (non-hydrogen) atoms. The van der Waals surface area contributed by atoms with E-state index in [1.807, 2.05) is 0 Å². The molecule has 0 aromatic heterocycles. The van der Waals surface area contributed by atoms with Crippen LogP contribution in [0.1, 0.15) is 63.8 Å². The van der Waals surface area contributed by atoms with Crippen molar-refractivity contribution < 1.29 is 0 Å². The van der Waals surface area contributed by atoms with Crippen molar-refractivity contribution in [2.75, 3.05) is 0 Å². The summed E-state index contributed by atoms with van der Waals surface area (Å²) in [5.41, 5.74) is 2.86. The minimum Gasteiger partial charge on any atom is -0.192 e. The molecule has 0 aliphatic heterocycles. The number of nitrogens with zero attached hydrogens (tertiary/aromatic N) is 2. The fourth-order valence-corrected chi connectivity index (χ4v) is 5.44. The van der Waals surface area contributed by atoms with Crippen molar-refractivity contribution in [3.05, 3.63) is 31.2 Å². The zero-order valence-electron chi connectivity index (χ0n) is 13.2. The Morgan fingerprint density at radius 1 is 0.714 bits per heavy atom. The van der Waals surface area contributed by atoms with Gasteiger partial charge >= 0.3 is 0 Å². The largest absolute Gasteiger partial charge is 0.192 e. The van der Waals surface area contributed by atoms with Gasteiger partial charge in [0, 0.05) is 8.95 Å². The molecule has 0 heterocycles. The molecule has 0 fully saturated rings. The number of rotatable bonds is 0. The summed E-state index contributed by atoms with van der Waals surface area (Å²) in [4.78, 5) is 0. The van der Waals surface area contributed by atoms with Crippen LogP contribution in [0.4, 0.5) is 0 Å². The molecule has 1 aliphatic rings. The smallest absolute Gasteiger partial charge is 0.102 e. The Morgan fingerprint density at radius 2 is 1.00 bits per heavy atom. The Balaban J connectivity index is 3.11. The molecule has 110 valence electrons. The fourth-order valence-electron chi connectivity index (χ4n) is 3.48. The molecule has 1 aromatic carbocycles. The van der Waals surface area contributed by atoms with Crippen LogP contribution in [0.25, 0.3) is 0 Å². The van der Waals surface area contributed by atoms with Crippen LogP contribution in [0.15, 0.2) is 8.95 Å². The van der Waals surface area contributed by atoms with E-state index >= 15 is 0 Å². The number of halogens is 2. The second-order valence-corrected chi connectivity index (χ2v) is 8.81. The number of hydrogen-bond acceptors (Lipinski definition) is 2. The predicted octanol–water partition coefficient (Wildman–Crippen LogP) is 5.55. The zero-order chi connectivity index (χ0) is 16.4. The van der Waals surface area contributed by atoms with Gasteiger partial charge in [0.25, 0.3) is 0 Å². The van der Waals surface area contributed by atoms with Gasteiger partial charge in [0.15, 0.2) is 0 Å². The minimum absolute atomic E-state index is 0.0197. The van der Waals surface area contributed by atoms with E-state index in [0.29, 0.717) is 11.1 Å². The minimum atomic E-state index is -0.118. The molecule has 0 N–H and O–H groups in total. The lowest BCUT2D eigenvalue weighted by atomic mass is 9.59. The third-order valence-corrected chi connectivity index (χ3v) is 7.56. The third kappa shape index (κ3) is 1.73. The van der Waals surface area contributed by atoms with E-state index in [1.165, 1.54) is 0 Å². The molecule has 2 nitrogen and oxygen atoms in total. The van der Waals surface area contributed by atoms with Crippen molar-refractivity contribution in [1.82, 2.24) is 0 Å². The van der Waals surface area contributed by atoms with E-state index in [-0.39, 0.29) is 16.2 Å². The summed E-state index contributed by atoms with van der Waals surface area (Å²) >= 11 is 7.21. The first kappa shape index (κ1) is 16.5. The van der Waals surface area contributed by atoms with Gasteiger partial charge in [-0.25, -0.2) is 0 Å². The van der Waals surface area contributed by atoms with Gasteiger partial charge in [0.05, 0.1) is 11.1 Å². The Morgan fingerprint density at radius 3 is 1.24 bits per heavy atom. The summed E-state index contributed by atoms with van der Waals surface area (Å²) in [7, 11) is 0. The van der Waals surface area contributed by atoms with Gasteiger partial charge in [0.1, 0.15) is 12.1 Å². The number of benzene rings is 1. The second-order valence-electron chi connectivity index (χ2n) is 7.23. The van der Waals surface area contributed by atoms with Crippen LogP contribution < -0.4 is 0 Å². The van der Waals surface area contributed by atoms with Crippen molar-refractivity contribution in [1.29, 1.82) is 10.5 Å². The monoisotopic (exact) mass is 408 g/mol. The predicted molar refractivity (Wildman–Crippen MR) is 91.1 cm³/mol. The molecule has 0 amide bonds. The van der Waals surface area contributed by atoms with Gasteiger partial charge in [-0.3, -0.25) is 0 Å². The van der Waals surface area contributed by atoms with Crippen LogP contribution in [0.5, 0.6) is 0 Å². The quantitative estimate of drug-likeness (QED) is 0.563. The molecular weight excluding hydrogens is 392 g/mol. The van der Waals surface area contributed by atoms with Crippen LogP contribution in [0.2, 0.25) is 0 Å². The Bertz CT molecular complexity index is 668. The molecule has 0 saturated carbocycles. The van der Waals surface area contributed by atoms with E-state index in [9.17, 15) is 10.5 Å². The lowest BCUT2D eigenvalue weighted by Crippen LogP contribution is -2.42.